The van der Waals surface area contributed by atoms with Crippen molar-refractivity contribution in [3.63, 3.8) is 0 Å². The molecule has 2 aromatic heterocycles. The van der Waals surface area contributed by atoms with Gasteiger partial charge in [-0.1, -0.05) is 60.0 Å². The number of hydrogen-bond donors (Lipinski definition) is 0. The van der Waals surface area contributed by atoms with E-state index in [1.807, 2.05) is 36.4 Å². The number of para-hydroxylation sites is 2. The average Bonchev–Trinajstić information content (AvgIpc) is 2.57. The number of benzene rings is 2. The largest absolute Gasteiger partial charge is 1.00 e. The number of aromatic nitrogens is 2. The zero-order chi connectivity index (χ0) is 15.4. The van der Waals surface area contributed by atoms with E-state index < -0.39 is 0 Å². The van der Waals surface area contributed by atoms with Crippen LogP contribution in [-0.4, -0.2) is 9.97 Å². The Bertz CT molecular complexity index is 845. The maximum absolute atomic E-state index is 11.1. The SMILES string of the molecule is [Li+].[Li+].[O-]c1cccc2cccnc12.[O-]c1cccc2cccnc12. The Morgan fingerprint density at radius 1 is 0.542 bits per heavy atom. The summed E-state index contributed by atoms with van der Waals surface area (Å²) in [5, 5.41) is 24.0. The second kappa shape index (κ2) is 9.37. The van der Waals surface area contributed by atoms with E-state index in [1.165, 1.54) is 12.1 Å². The van der Waals surface area contributed by atoms with Gasteiger partial charge in [-0.25, -0.2) is 0 Å². The van der Waals surface area contributed by atoms with Crippen LogP contribution in [-0.2, 0) is 0 Å². The molecule has 2 aromatic carbocycles. The average molecular weight is 302 g/mol. The van der Waals surface area contributed by atoms with Gasteiger partial charge in [0.15, 0.2) is 0 Å². The van der Waals surface area contributed by atoms with Crippen LogP contribution in [0.25, 0.3) is 21.8 Å². The molecule has 0 spiro atoms. The standard InChI is InChI=1S/2C9H7NO.2Li/c2*11-8-5-1-3-7-4-2-6-10-9(7)8;;/h2*1-6,11H;;/q;;2*+1/p-2. The van der Waals surface area contributed by atoms with Crippen molar-refractivity contribution in [1.29, 1.82) is 0 Å². The van der Waals surface area contributed by atoms with Gasteiger partial charge in [0, 0.05) is 12.4 Å². The van der Waals surface area contributed by atoms with E-state index in [-0.39, 0.29) is 49.2 Å². The van der Waals surface area contributed by atoms with E-state index in [0.29, 0.717) is 11.0 Å². The minimum absolute atomic E-state index is 0. The maximum Gasteiger partial charge on any atom is 1.00 e. The maximum atomic E-state index is 11.1. The van der Waals surface area contributed by atoms with Crippen LogP contribution in [0.2, 0.25) is 0 Å². The Morgan fingerprint density at radius 3 is 1.29 bits per heavy atom. The number of rotatable bonds is 0. The van der Waals surface area contributed by atoms with Gasteiger partial charge in [-0.3, -0.25) is 9.97 Å². The Balaban J connectivity index is 0.000000222. The summed E-state index contributed by atoms with van der Waals surface area (Å²) in [7, 11) is 0. The van der Waals surface area contributed by atoms with Crippen molar-refractivity contribution in [2.75, 3.05) is 0 Å². The van der Waals surface area contributed by atoms with E-state index >= 15 is 0 Å². The van der Waals surface area contributed by atoms with Crippen LogP contribution in [0.15, 0.2) is 73.1 Å². The molecule has 2 heterocycles. The van der Waals surface area contributed by atoms with Crippen molar-refractivity contribution in [3.05, 3.63) is 73.1 Å². The second-order valence-corrected chi connectivity index (χ2v) is 4.66. The molecule has 4 nitrogen and oxygen atoms in total. The fourth-order valence-corrected chi connectivity index (χ4v) is 2.15. The summed E-state index contributed by atoms with van der Waals surface area (Å²) in [6.07, 6.45) is 3.26. The summed E-state index contributed by atoms with van der Waals surface area (Å²) >= 11 is 0. The normalized spacial score (nSPS) is 9.33. The molecule has 0 bridgehead atoms. The predicted octanol–water partition coefficient (Wildman–Crippen LogP) is -3.38. The molecule has 0 amide bonds. The topological polar surface area (TPSA) is 71.9 Å². The molecule has 0 N–H and O–H groups in total. The molecule has 4 rings (SSSR count). The molecular formula is C18H12Li2N2O2. The Labute approximate surface area is 163 Å². The molecule has 0 fully saturated rings. The molecule has 0 atom stereocenters. The molecule has 0 saturated heterocycles. The molecule has 108 valence electrons. The quantitative estimate of drug-likeness (QED) is 0.318. The summed E-state index contributed by atoms with van der Waals surface area (Å²) in [5.74, 6) is -0.0220. The minimum Gasteiger partial charge on any atom is -0.871 e. The number of hydrogen-bond acceptors (Lipinski definition) is 4. The number of nitrogens with zero attached hydrogens (tertiary/aromatic N) is 2. The Hall–Kier alpha value is -1.95. The van der Waals surface area contributed by atoms with Crippen LogP contribution in [0, 0.1) is 0 Å². The number of fused-ring (bicyclic) bond motifs is 2. The zero-order valence-electron chi connectivity index (χ0n) is 13.6. The third-order valence-electron chi connectivity index (χ3n) is 3.19. The van der Waals surface area contributed by atoms with Crippen LogP contribution in [0.5, 0.6) is 11.5 Å². The minimum atomic E-state index is -0.0110. The fraction of sp³-hybridized carbons (Fsp3) is 0. The summed E-state index contributed by atoms with van der Waals surface area (Å²) in [4.78, 5) is 7.94. The molecule has 0 aliphatic heterocycles. The monoisotopic (exact) mass is 302 g/mol. The van der Waals surface area contributed by atoms with E-state index in [1.54, 1.807) is 24.5 Å². The first-order valence-corrected chi connectivity index (χ1v) is 6.77. The molecular weight excluding hydrogens is 290 g/mol. The third kappa shape index (κ3) is 4.54. The molecule has 0 aliphatic carbocycles. The van der Waals surface area contributed by atoms with Crippen LogP contribution < -0.4 is 47.9 Å². The van der Waals surface area contributed by atoms with Gasteiger partial charge >= 0.3 is 37.7 Å². The molecule has 6 heteroatoms. The summed E-state index contributed by atoms with van der Waals surface area (Å²) < 4.78 is 0. The summed E-state index contributed by atoms with van der Waals surface area (Å²) in [6.45, 7) is 0. The first-order chi connectivity index (χ1) is 10.8. The van der Waals surface area contributed by atoms with E-state index in [9.17, 15) is 10.2 Å². The van der Waals surface area contributed by atoms with Crippen molar-refractivity contribution >= 4 is 21.8 Å². The fourth-order valence-electron chi connectivity index (χ4n) is 2.15. The van der Waals surface area contributed by atoms with E-state index in [0.717, 1.165) is 10.8 Å². The zero-order valence-corrected chi connectivity index (χ0v) is 13.6. The van der Waals surface area contributed by atoms with Gasteiger partial charge in [0.2, 0.25) is 0 Å². The van der Waals surface area contributed by atoms with Crippen LogP contribution >= 0.6 is 0 Å². The summed E-state index contributed by atoms with van der Waals surface area (Å²) in [6, 6.07) is 17.7. The van der Waals surface area contributed by atoms with Crippen LogP contribution in [0.1, 0.15) is 0 Å². The van der Waals surface area contributed by atoms with Gasteiger partial charge in [0.25, 0.3) is 0 Å². The second-order valence-electron chi connectivity index (χ2n) is 4.66. The molecule has 0 saturated carbocycles. The van der Waals surface area contributed by atoms with Gasteiger partial charge in [-0.15, -0.1) is 0 Å². The van der Waals surface area contributed by atoms with E-state index in [2.05, 4.69) is 9.97 Å². The molecule has 0 unspecified atom stereocenters. The molecule has 0 aliphatic rings. The van der Waals surface area contributed by atoms with E-state index in [4.69, 9.17) is 0 Å². The van der Waals surface area contributed by atoms with Crippen molar-refractivity contribution < 1.29 is 47.9 Å². The van der Waals surface area contributed by atoms with Gasteiger partial charge in [0.05, 0.1) is 11.0 Å². The Morgan fingerprint density at radius 2 is 0.917 bits per heavy atom. The number of pyridine rings is 2. The molecule has 24 heavy (non-hydrogen) atoms. The molecule has 0 radical (unpaired) electrons. The summed E-state index contributed by atoms with van der Waals surface area (Å²) in [5.41, 5.74) is 1.10. The van der Waals surface area contributed by atoms with Crippen LogP contribution in [0.3, 0.4) is 0 Å². The van der Waals surface area contributed by atoms with Gasteiger partial charge in [-0.05, 0) is 22.9 Å². The first-order valence-electron chi connectivity index (χ1n) is 6.77. The van der Waals surface area contributed by atoms with Crippen molar-refractivity contribution in [2.24, 2.45) is 0 Å². The predicted molar refractivity (Wildman–Crippen MR) is 82.4 cm³/mol. The van der Waals surface area contributed by atoms with Crippen molar-refractivity contribution in [1.82, 2.24) is 9.97 Å². The van der Waals surface area contributed by atoms with Crippen LogP contribution in [0.4, 0.5) is 0 Å². The van der Waals surface area contributed by atoms with Gasteiger partial charge in [-0.2, -0.15) is 0 Å². The first kappa shape index (κ1) is 20.1. The van der Waals surface area contributed by atoms with Gasteiger partial charge < -0.3 is 10.2 Å². The Kier molecular flexibility index (Phi) is 7.85. The molecule has 4 aromatic rings. The van der Waals surface area contributed by atoms with Gasteiger partial charge in [0.1, 0.15) is 0 Å². The van der Waals surface area contributed by atoms with Crippen molar-refractivity contribution in [3.8, 4) is 11.5 Å². The third-order valence-corrected chi connectivity index (χ3v) is 3.19. The smallest absolute Gasteiger partial charge is 0.871 e. The van der Waals surface area contributed by atoms with Crippen molar-refractivity contribution in [2.45, 2.75) is 0 Å².